The van der Waals surface area contributed by atoms with Gasteiger partial charge in [-0.1, -0.05) is 11.3 Å². The van der Waals surface area contributed by atoms with E-state index in [1.807, 2.05) is 11.9 Å². The second kappa shape index (κ2) is 8.20. The molecule has 1 saturated heterocycles. The number of amides is 1. The number of carbonyl (C=O) groups excluding carboxylic acids is 2. The van der Waals surface area contributed by atoms with Crippen molar-refractivity contribution in [2.24, 2.45) is 0 Å². The molecule has 2 N–H and O–H groups in total. The zero-order chi connectivity index (χ0) is 19.6. The predicted molar refractivity (Wildman–Crippen MR) is 108 cm³/mol. The fraction of sp³-hybridized carbons (Fsp3) is 0.389. The molecule has 1 aromatic heterocycles. The van der Waals surface area contributed by atoms with Crippen LogP contribution in [0.1, 0.15) is 27.0 Å². The number of hydrogen-bond acceptors (Lipinski definition) is 7. The highest BCUT2D eigenvalue weighted by molar-refractivity contribution is 7.73. The molecular weight excluding hydrogens is 384 g/mol. The number of nitrogens with two attached hydrogens (primary N) is 1. The van der Waals surface area contributed by atoms with Gasteiger partial charge in [0.15, 0.2) is 3.95 Å². The Morgan fingerprint density at radius 3 is 2.41 bits per heavy atom. The first-order chi connectivity index (χ1) is 12.9. The van der Waals surface area contributed by atoms with Crippen LogP contribution in [0.3, 0.4) is 0 Å². The highest BCUT2D eigenvalue weighted by atomic mass is 32.1. The molecule has 0 aliphatic carbocycles. The first-order valence-electron chi connectivity index (χ1n) is 8.69. The number of nitrogens with zero attached hydrogens (tertiary/aromatic N) is 3. The Morgan fingerprint density at radius 2 is 1.81 bits per heavy atom. The normalized spacial score (nSPS) is 15.0. The van der Waals surface area contributed by atoms with Crippen molar-refractivity contribution in [2.75, 3.05) is 45.6 Å². The standard InChI is InChI=1S/C18H22N4O3S2/c1-3-25-17(24)12-4-6-13(7-5-12)22-15(19)14(27-18(22)26)16(23)21-10-8-20(2)9-11-21/h4-7H,3,8-11,19H2,1-2H3. The average molecular weight is 407 g/mol. The van der Waals surface area contributed by atoms with E-state index >= 15 is 0 Å². The Balaban J connectivity index is 1.86. The molecule has 1 amide bonds. The number of nitrogen functional groups attached to an aromatic ring is 1. The molecule has 0 unspecified atom stereocenters. The molecule has 1 aliphatic rings. The number of thiazole rings is 1. The van der Waals surface area contributed by atoms with Gasteiger partial charge in [-0.15, -0.1) is 0 Å². The van der Waals surface area contributed by atoms with Crippen LogP contribution in [0.4, 0.5) is 5.82 Å². The number of aromatic nitrogens is 1. The maximum absolute atomic E-state index is 12.9. The monoisotopic (exact) mass is 406 g/mol. The molecule has 1 aliphatic heterocycles. The van der Waals surface area contributed by atoms with Crippen LogP contribution in [0.25, 0.3) is 5.69 Å². The van der Waals surface area contributed by atoms with Gasteiger partial charge in [-0.05, 0) is 50.5 Å². The van der Waals surface area contributed by atoms with E-state index in [0.717, 1.165) is 13.1 Å². The Bertz CT molecular complexity index is 896. The largest absolute Gasteiger partial charge is 0.462 e. The lowest BCUT2D eigenvalue weighted by Crippen LogP contribution is -2.47. The Hall–Kier alpha value is -2.23. The molecule has 0 saturated carbocycles. The summed E-state index contributed by atoms with van der Waals surface area (Å²) in [6, 6.07) is 6.81. The number of esters is 1. The molecule has 7 nitrogen and oxygen atoms in total. The minimum atomic E-state index is -0.378. The van der Waals surface area contributed by atoms with Gasteiger partial charge in [-0.3, -0.25) is 9.36 Å². The molecule has 144 valence electrons. The lowest BCUT2D eigenvalue weighted by molar-refractivity contribution is 0.0526. The van der Waals surface area contributed by atoms with Gasteiger partial charge in [0.05, 0.1) is 12.2 Å². The molecule has 0 spiro atoms. The van der Waals surface area contributed by atoms with Gasteiger partial charge in [0.1, 0.15) is 10.7 Å². The summed E-state index contributed by atoms with van der Waals surface area (Å²) in [5.74, 6) is -0.131. The number of rotatable bonds is 4. The number of anilines is 1. The second-order valence-electron chi connectivity index (χ2n) is 6.28. The number of benzene rings is 1. The van der Waals surface area contributed by atoms with Crippen LogP contribution in [0, 0.1) is 3.95 Å². The minimum Gasteiger partial charge on any atom is -0.462 e. The summed E-state index contributed by atoms with van der Waals surface area (Å²) in [7, 11) is 2.04. The molecule has 0 bridgehead atoms. The van der Waals surface area contributed by atoms with Gasteiger partial charge >= 0.3 is 5.97 Å². The van der Waals surface area contributed by atoms with Crippen molar-refractivity contribution in [3.63, 3.8) is 0 Å². The highest BCUT2D eigenvalue weighted by Gasteiger charge is 2.25. The first-order valence-corrected chi connectivity index (χ1v) is 9.91. The van der Waals surface area contributed by atoms with Crippen molar-refractivity contribution in [3.8, 4) is 5.69 Å². The van der Waals surface area contributed by atoms with Gasteiger partial charge in [0.25, 0.3) is 5.91 Å². The van der Waals surface area contributed by atoms with E-state index in [1.165, 1.54) is 11.3 Å². The Kier molecular flexibility index (Phi) is 5.93. The zero-order valence-corrected chi connectivity index (χ0v) is 16.9. The molecule has 2 heterocycles. The van der Waals surface area contributed by atoms with E-state index in [4.69, 9.17) is 22.7 Å². The number of ether oxygens (including phenoxy) is 1. The van der Waals surface area contributed by atoms with E-state index in [0.29, 0.717) is 45.6 Å². The van der Waals surface area contributed by atoms with Crippen LogP contribution in [0.15, 0.2) is 24.3 Å². The molecule has 1 fully saturated rings. The maximum atomic E-state index is 12.9. The summed E-state index contributed by atoms with van der Waals surface area (Å²) in [5.41, 5.74) is 7.43. The van der Waals surface area contributed by atoms with Gasteiger partial charge in [0, 0.05) is 31.9 Å². The van der Waals surface area contributed by atoms with Crippen molar-refractivity contribution in [2.45, 2.75) is 6.92 Å². The zero-order valence-electron chi connectivity index (χ0n) is 15.3. The third kappa shape index (κ3) is 4.05. The third-order valence-electron chi connectivity index (χ3n) is 4.47. The molecule has 0 atom stereocenters. The predicted octanol–water partition coefficient (Wildman–Crippen LogP) is 2.41. The number of carbonyl (C=O) groups is 2. The summed E-state index contributed by atoms with van der Waals surface area (Å²) in [5, 5.41) is 0. The molecule has 0 radical (unpaired) electrons. The van der Waals surface area contributed by atoms with Crippen LogP contribution in [-0.2, 0) is 4.74 Å². The molecule has 3 rings (SSSR count). The average Bonchev–Trinajstić information content (AvgIpc) is 2.96. The van der Waals surface area contributed by atoms with Gasteiger partial charge < -0.3 is 20.3 Å². The van der Waals surface area contributed by atoms with E-state index in [-0.39, 0.29) is 11.9 Å². The van der Waals surface area contributed by atoms with E-state index in [1.54, 1.807) is 35.8 Å². The summed E-state index contributed by atoms with van der Waals surface area (Å²) >= 11 is 6.65. The smallest absolute Gasteiger partial charge is 0.338 e. The first kappa shape index (κ1) is 19.5. The Morgan fingerprint density at radius 1 is 1.19 bits per heavy atom. The van der Waals surface area contributed by atoms with Crippen molar-refractivity contribution < 1.29 is 14.3 Å². The molecular formula is C18H22N4O3S2. The highest BCUT2D eigenvalue weighted by Crippen LogP contribution is 2.28. The van der Waals surface area contributed by atoms with Crippen LogP contribution in [-0.4, -0.2) is 66.1 Å². The summed E-state index contributed by atoms with van der Waals surface area (Å²) in [4.78, 5) is 29.1. The lowest BCUT2D eigenvalue weighted by atomic mass is 10.2. The van der Waals surface area contributed by atoms with Crippen LogP contribution in [0.2, 0.25) is 0 Å². The van der Waals surface area contributed by atoms with Gasteiger partial charge in [-0.2, -0.15) is 0 Å². The van der Waals surface area contributed by atoms with Crippen molar-refractivity contribution in [3.05, 3.63) is 38.7 Å². The van der Waals surface area contributed by atoms with Crippen LogP contribution >= 0.6 is 23.6 Å². The summed E-state index contributed by atoms with van der Waals surface area (Å²) in [6.45, 7) is 5.11. The van der Waals surface area contributed by atoms with E-state index in [2.05, 4.69) is 4.90 Å². The van der Waals surface area contributed by atoms with Crippen LogP contribution in [0.5, 0.6) is 0 Å². The van der Waals surface area contributed by atoms with Gasteiger partial charge in [-0.25, -0.2) is 4.79 Å². The minimum absolute atomic E-state index is 0.0846. The molecule has 1 aromatic carbocycles. The maximum Gasteiger partial charge on any atom is 0.338 e. The van der Waals surface area contributed by atoms with Crippen LogP contribution < -0.4 is 5.73 Å². The second-order valence-corrected chi connectivity index (χ2v) is 7.92. The van der Waals surface area contributed by atoms with Crippen molar-refractivity contribution in [1.82, 2.24) is 14.4 Å². The SMILES string of the molecule is CCOC(=O)c1ccc(-n2c(N)c(C(=O)N3CCN(C)CC3)sc2=S)cc1. The van der Waals surface area contributed by atoms with Crippen molar-refractivity contribution >= 4 is 41.2 Å². The van der Waals surface area contributed by atoms with E-state index < -0.39 is 0 Å². The fourth-order valence-corrected chi connectivity index (χ4v) is 4.23. The topological polar surface area (TPSA) is 80.8 Å². The van der Waals surface area contributed by atoms with Gasteiger partial charge in [0.2, 0.25) is 0 Å². The molecule has 9 heteroatoms. The third-order valence-corrected chi connectivity index (χ3v) is 5.84. The number of piperazine rings is 1. The summed E-state index contributed by atoms with van der Waals surface area (Å²) in [6.07, 6.45) is 0. The van der Waals surface area contributed by atoms with E-state index in [9.17, 15) is 9.59 Å². The Labute approximate surface area is 166 Å². The quantitative estimate of drug-likeness (QED) is 0.620. The molecule has 27 heavy (non-hydrogen) atoms. The molecule has 2 aromatic rings. The van der Waals surface area contributed by atoms with Crippen molar-refractivity contribution in [1.29, 1.82) is 0 Å². The lowest BCUT2D eigenvalue weighted by Gasteiger charge is -2.32. The summed E-state index contributed by atoms with van der Waals surface area (Å²) < 4.78 is 7.15. The fourth-order valence-electron chi connectivity index (χ4n) is 2.90. The number of hydrogen-bond donors (Lipinski definition) is 1. The number of likely N-dealkylation sites (N-methyl/N-ethyl adjacent to an activating group) is 1.